The van der Waals surface area contributed by atoms with Crippen LogP contribution in [0.4, 0.5) is 5.95 Å². The number of fused-ring (bicyclic) bond motifs is 1. The highest BCUT2D eigenvalue weighted by Gasteiger charge is 2.20. The van der Waals surface area contributed by atoms with E-state index in [9.17, 15) is 4.21 Å². The number of benzene rings is 1. The molecule has 1 saturated heterocycles. The van der Waals surface area contributed by atoms with Gasteiger partial charge >= 0.3 is 6.01 Å². The summed E-state index contributed by atoms with van der Waals surface area (Å²) in [7, 11) is -1.06. The quantitative estimate of drug-likeness (QED) is 0.598. The summed E-state index contributed by atoms with van der Waals surface area (Å²) in [4.78, 5) is 10.1. The fraction of sp³-hybridized carbons (Fsp3) is 0.476. The standard InChI is InChI=1S/C21H28N6O2S/c1-14(2)17-13-24-27-19(17)25-21(29-16-8-6-10-22-12-16)26-20(27)23-11-15-7-4-5-9-18(15)30(3)28/h4-5,7,9,13-14,16,22H,6,8,10-12H2,1-3H3,(H,23,25,26)/t16-,30?/m1/s1. The number of hydrogen-bond donors (Lipinski definition) is 2. The highest BCUT2D eigenvalue weighted by atomic mass is 32.2. The van der Waals surface area contributed by atoms with Crippen LogP contribution in [0.15, 0.2) is 35.4 Å². The van der Waals surface area contributed by atoms with Crippen molar-refractivity contribution in [2.45, 2.75) is 50.2 Å². The Kier molecular flexibility index (Phi) is 6.29. The van der Waals surface area contributed by atoms with Gasteiger partial charge < -0.3 is 15.4 Å². The Hall–Kier alpha value is -2.52. The summed E-state index contributed by atoms with van der Waals surface area (Å²) in [6.07, 6.45) is 5.64. The van der Waals surface area contributed by atoms with E-state index in [1.54, 1.807) is 10.8 Å². The monoisotopic (exact) mass is 428 g/mol. The van der Waals surface area contributed by atoms with E-state index >= 15 is 0 Å². The largest absolute Gasteiger partial charge is 0.459 e. The molecule has 1 aliphatic heterocycles. The van der Waals surface area contributed by atoms with Gasteiger partial charge in [0.1, 0.15) is 6.10 Å². The summed E-state index contributed by atoms with van der Waals surface area (Å²) in [5.74, 6) is 0.833. The van der Waals surface area contributed by atoms with Gasteiger partial charge in [0.25, 0.3) is 0 Å². The van der Waals surface area contributed by atoms with Gasteiger partial charge in [0, 0.05) is 29.8 Å². The third-order valence-electron chi connectivity index (χ3n) is 5.24. The smallest absolute Gasteiger partial charge is 0.322 e. The maximum atomic E-state index is 12.1. The van der Waals surface area contributed by atoms with E-state index in [0.717, 1.165) is 47.6 Å². The molecule has 2 atom stereocenters. The molecule has 3 aromatic rings. The van der Waals surface area contributed by atoms with E-state index in [1.165, 1.54) is 0 Å². The molecule has 8 nitrogen and oxygen atoms in total. The molecule has 9 heteroatoms. The van der Waals surface area contributed by atoms with Crippen LogP contribution in [0.1, 0.15) is 43.7 Å². The van der Waals surface area contributed by atoms with Crippen LogP contribution in [0.5, 0.6) is 6.01 Å². The lowest BCUT2D eigenvalue weighted by molar-refractivity contribution is 0.153. The average Bonchev–Trinajstić information content (AvgIpc) is 3.17. The summed E-state index contributed by atoms with van der Waals surface area (Å²) in [5.41, 5.74) is 2.75. The summed E-state index contributed by atoms with van der Waals surface area (Å²) in [5, 5.41) is 11.2. The van der Waals surface area contributed by atoms with Crippen LogP contribution in [0, 0.1) is 0 Å². The lowest BCUT2D eigenvalue weighted by Crippen LogP contribution is -2.37. The maximum Gasteiger partial charge on any atom is 0.322 e. The molecule has 0 radical (unpaired) electrons. The molecular weight excluding hydrogens is 400 g/mol. The first-order valence-corrected chi connectivity index (χ1v) is 11.9. The Morgan fingerprint density at radius 1 is 1.33 bits per heavy atom. The minimum Gasteiger partial charge on any atom is -0.459 e. The SMILES string of the molecule is CC(C)c1cnn2c(NCc3ccccc3S(C)=O)nc(O[C@@H]3CCCNC3)nc12. The van der Waals surface area contributed by atoms with Crippen LogP contribution in [0.25, 0.3) is 5.65 Å². The fourth-order valence-electron chi connectivity index (χ4n) is 3.62. The molecule has 4 rings (SSSR count). The molecule has 2 N–H and O–H groups in total. The number of ether oxygens (including phenoxy) is 1. The second kappa shape index (κ2) is 9.09. The number of nitrogens with one attached hydrogen (secondary N) is 2. The highest BCUT2D eigenvalue weighted by Crippen LogP contribution is 2.24. The van der Waals surface area contributed by atoms with Gasteiger partial charge in [-0.05, 0) is 36.9 Å². The van der Waals surface area contributed by atoms with Gasteiger partial charge in [0.05, 0.1) is 17.0 Å². The fourth-order valence-corrected chi connectivity index (χ4v) is 4.40. The lowest BCUT2D eigenvalue weighted by Gasteiger charge is -2.23. The van der Waals surface area contributed by atoms with Crippen LogP contribution in [0.3, 0.4) is 0 Å². The molecule has 160 valence electrons. The molecular formula is C21H28N6O2S. The van der Waals surface area contributed by atoms with Crippen LogP contribution < -0.4 is 15.4 Å². The predicted octanol–water partition coefficient (Wildman–Crippen LogP) is 2.73. The van der Waals surface area contributed by atoms with Crippen molar-refractivity contribution >= 4 is 22.4 Å². The summed E-state index contributed by atoms with van der Waals surface area (Å²) in [6.45, 7) is 6.52. The van der Waals surface area contributed by atoms with Crippen LogP contribution in [-0.4, -0.2) is 49.2 Å². The van der Waals surface area contributed by atoms with Crippen molar-refractivity contribution in [1.82, 2.24) is 24.9 Å². The minimum atomic E-state index is -1.06. The van der Waals surface area contributed by atoms with Gasteiger partial charge in [-0.1, -0.05) is 32.0 Å². The number of nitrogens with zero attached hydrogens (tertiary/aromatic N) is 4. The van der Waals surface area contributed by atoms with Gasteiger partial charge in [-0.3, -0.25) is 4.21 Å². The first kappa shape index (κ1) is 20.7. The van der Waals surface area contributed by atoms with E-state index in [4.69, 9.17) is 4.74 Å². The number of piperidine rings is 1. The van der Waals surface area contributed by atoms with Gasteiger partial charge in [-0.2, -0.15) is 19.6 Å². The zero-order valence-electron chi connectivity index (χ0n) is 17.6. The van der Waals surface area contributed by atoms with Crippen molar-refractivity contribution in [3.8, 4) is 6.01 Å². The first-order valence-electron chi connectivity index (χ1n) is 10.3. The summed E-state index contributed by atoms with van der Waals surface area (Å²) in [6, 6.07) is 8.05. The molecule has 1 fully saturated rings. The predicted molar refractivity (Wildman–Crippen MR) is 117 cm³/mol. The molecule has 2 aromatic heterocycles. The Morgan fingerprint density at radius 3 is 2.90 bits per heavy atom. The van der Waals surface area contributed by atoms with Crippen LogP contribution >= 0.6 is 0 Å². The zero-order chi connectivity index (χ0) is 21.1. The Balaban J connectivity index is 1.66. The van der Waals surface area contributed by atoms with E-state index in [1.807, 2.05) is 30.5 Å². The van der Waals surface area contributed by atoms with E-state index in [2.05, 4.69) is 39.5 Å². The second-order valence-corrected chi connectivity index (χ2v) is 9.17. The number of hydrogen-bond acceptors (Lipinski definition) is 7. The third-order valence-corrected chi connectivity index (χ3v) is 6.26. The summed E-state index contributed by atoms with van der Waals surface area (Å²) < 4.78 is 19.9. The zero-order valence-corrected chi connectivity index (χ0v) is 18.4. The molecule has 1 aromatic carbocycles. The first-order chi connectivity index (χ1) is 14.5. The van der Waals surface area contributed by atoms with Gasteiger partial charge in [0.15, 0.2) is 5.65 Å². The van der Waals surface area contributed by atoms with Crippen LogP contribution in [0.2, 0.25) is 0 Å². The van der Waals surface area contributed by atoms with Crippen LogP contribution in [-0.2, 0) is 17.3 Å². The Morgan fingerprint density at radius 2 is 2.17 bits per heavy atom. The number of anilines is 1. The Bertz CT molecular complexity index is 1050. The van der Waals surface area contributed by atoms with Crippen molar-refractivity contribution in [3.63, 3.8) is 0 Å². The molecule has 1 unspecified atom stereocenters. The molecule has 30 heavy (non-hydrogen) atoms. The summed E-state index contributed by atoms with van der Waals surface area (Å²) >= 11 is 0. The van der Waals surface area contributed by atoms with Crippen molar-refractivity contribution in [1.29, 1.82) is 0 Å². The third kappa shape index (κ3) is 4.46. The number of aromatic nitrogens is 4. The lowest BCUT2D eigenvalue weighted by atomic mass is 10.1. The Labute approximate surface area is 178 Å². The molecule has 3 heterocycles. The average molecular weight is 429 g/mol. The van der Waals surface area contributed by atoms with Crippen molar-refractivity contribution in [2.75, 3.05) is 24.7 Å². The van der Waals surface area contributed by atoms with Crippen molar-refractivity contribution < 1.29 is 8.95 Å². The topological polar surface area (TPSA) is 93.4 Å². The molecule has 1 aliphatic rings. The van der Waals surface area contributed by atoms with Gasteiger partial charge in [0.2, 0.25) is 5.95 Å². The van der Waals surface area contributed by atoms with E-state index in [-0.39, 0.29) is 12.0 Å². The van der Waals surface area contributed by atoms with E-state index < -0.39 is 10.8 Å². The van der Waals surface area contributed by atoms with Crippen molar-refractivity contribution in [3.05, 3.63) is 41.6 Å². The van der Waals surface area contributed by atoms with Gasteiger partial charge in [-0.15, -0.1) is 0 Å². The van der Waals surface area contributed by atoms with E-state index in [0.29, 0.717) is 18.5 Å². The molecule has 0 aliphatic carbocycles. The normalized spacial score (nSPS) is 17.9. The molecule has 0 amide bonds. The van der Waals surface area contributed by atoms with Crippen molar-refractivity contribution in [2.24, 2.45) is 0 Å². The molecule has 0 spiro atoms. The number of rotatable bonds is 7. The second-order valence-electron chi connectivity index (χ2n) is 7.82. The molecule has 0 saturated carbocycles. The maximum absolute atomic E-state index is 12.1. The minimum absolute atomic E-state index is 0.0581. The highest BCUT2D eigenvalue weighted by molar-refractivity contribution is 7.84. The van der Waals surface area contributed by atoms with Gasteiger partial charge in [-0.25, -0.2) is 0 Å². The molecule has 0 bridgehead atoms.